The van der Waals surface area contributed by atoms with E-state index < -0.39 is 6.17 Å². The van der Waals surface area contributed by atoms with E-state index >= 15 is 0 Å². The fourth-order valence-corrected chi connectivity index (χ4v) is 4.52. The predicted molar refractivity (Wildman–Crippen MR) is 128 cm³/mol. The Bertz CT molecular complexity index is 1110. The normalized spacial score (nSPS) is 17.2. The van der Waals surface area contributed by atoms with E-state index in [0.29, 0.717) is 11.8 Å². The second kappa shape index (κ2) is 9.08. The molecule has 1 amide bonds. The summed E-state index contributed by atoms with van der Waals surface area (Å²) in [6.07, 6.45) is 2.89. The molecular formula is C24H26N4O3S. The van der Waals surface area contributed by atoms with Crippen molar-refractivity contribution in [1.29, 1.82) is 0 Å². The molecule has 32 heavy (non-hydrogen) atoms. The van der Waals surface area contributed by atoms with Gasteiger partial charge in [0.15, 0.2) is 11.0 Å². The minimum atomic E-state index is -0.632. The zero-order valence-corrected chi connectivity index (χ0v) is 19.4. The van der Waals surface area contributed by atoms with Crippen molar-refractivity contribution in [3.05, 3.63) is 71.1 Å². The quantitative estimate of drug-likeness (QED) is 0.672. The lowest BCUT2D eigenvalue weighted by Gasteiger charge is -2.31. The van der Waals surface area contributed by atoms with Crippen molar-refractivity contribution < 1.29 is 14.3 Å². The number of aryl methyl sites for hydroxylation is 3. The number of hydrogen-bond acceptors (Lipinski definition) is 7. The molecule has 1 unspecified atom stereocenters. The van der Waals surface area contributed by atoms with E-state index in [2.05, 4.69) is 10.5 Å². The van der Waals surface area contributed by atoms with Crippen molar-refractivity contribution >= 4 is 34.3 Å². The molecular weight excluding hydrogens is 424 g/mol. The van der Waals surface area contributed by atoms with Gasteiger partial charge in [-0.15, -0.1) is 0 Å². The third-order valence-electron chi connectivity index (χ3n) is 5.53. The number of ether oxygens (including phenoxy) is 1. The van der Waals surface area contributed by atoms with E-state index in [1.54, 1.807) is 22.2 Å². The van der Waals surface area contributed by atoms with Crippen LogP contribution in [0.3, 0.4) is 0 Å². The number of amides is 1. The van der Waals surface area contributed by atoms with E-state index in [4.69, 9.17) is 4.74 Å². The molecule has 7 nitrogen and oxygen atoms in total. The van der Waals surface area contributed by atoms with Crippen LogP contribution in [0.1, 0.15) is 34.0 Å². The molecule has 0 aliphatic carbocycles. The number of Topliss-reactive ketones (excluding diaryl/α,β-unsaturated/α-hetero) is 1. The Labute approximate surface area is 192 Å². The number of benzene rings is 2. The fourth-order valence-electron chi connectivity index (χ4n) is 3.67. The molecule has 2 heterocycles. The smallest absolute Gasteiger partial charge is 0.276 e. The van der Waals surface area contributed by atoms with Gasteiger partial charge in [0.1, 0.15) is 5.75 Å². The van der Waals surface area contributed by atoms with Gasteiger partial charge < -0.3 is 4.74 Å². The highest BCUT2D eigenvalue weighted by atomic mass is 32.2. The molecule has 0 aromatic heterocycles. The van der Waals surface area contributed by atoms with Gasteiger partial charge in [-0.1, -0.05) is 17.8 Å². The van der Waals surface area contributed by atoms with Gasteiger partial charge in [0, 0.05) is 23.7 Å². The molecule has 2 aromatic rings. The minimum absolute atomic E-state index is 0.0464. The summed E-state index contributed by atoms with van der Waals surface area (Å²) >= 11 is 1.32. The maximum atomic E-state index is 13.0. The summed E-state index contributed by atoms with van der Waals surface area (Å²) in [6, 6.07) is 11.4. The number of carbonyl (C=O) groups is 2. The molecule has 0 radical (unpaired) electrons. The number of nitrogens with one attached hydrogen (secondary N) is 1. The summed E-state index contributed by atoms with van der Waals surface area (Å²) < 4.78 is 5.47. The van der Waals surface area contributed by atoms with E-state index in [-0.39, 0.29) is 17.4 Å². The maximum absolute atomic E-state index is 13.0. The predicted octanol–water partition coefficient (Wildman–Crippen LogP) is 3.95. The van der Waals surface area contributed by atoms with Gasteiger partial charge in [-0.2, -0.15) is 5.10 Å². The highest BCUT2D eigenvalue weighted by Crippen LogP contribution is 2.27. The molecule has 166 valence electrons. The number of amidine groups is 1. The van der Waals surface area contributed by atoms with E-state index in [1.165, 1.54) is 17.3 Å². The van der Waals surface area contributed by atoms with Crippen LogP contribution in [-0.2, 0) is 4.79 Å². The van der Waals surface area contributed by atoms with Crippen LogP contribution in [0.5, 0.6) is 5.75 Å². The van der Waals surface area contributed by atoms with Gasteiger partial charge in [-0.3, -0.25) is 24.8 Å². The zero-order valence-electron chi connectivity index (χ0n) is 18.6. The van der Waals surface area contributed by atoms with Crippen LogP contribution in [-0.4, -0.2) is 40.3 Å². The molecule has 2 aliphatic heterocycles. The number of carbonyl (C=O) groups excluding carboxylic acids is 2. The molecule has 0 saturated carbocycles. The molecule has 2 aromatic carbocycles. The number of anilines is 1. The molecule has 8 heteroatoms. The van der Waals surface area contributed by atoms with Crippen molar-refractivity contribution in [2.45, 2.75) is 33.9 Å². The van der Waals surface area contributed by atoms with Crippen LogP contribution >= 0.6 is 11.8 Å². The summed E-state index contributed by atoms with van der Waals surface area (Å²) in [5.74, 6) is 0.908. The Morgan fingerprint density at radius 1 is 1.09 bits per heavy atom. The number of hydrogen-bond donors (Lipinski definition) is 1. The molecule has 2 aliphatic rings. The van der Waals surface area contributed by atoms with Gasteiger partial charge in [-0.05, 0) is 74.7 Å². The second-order valence-corrected chi connectivity index (χ2v) is 8.67. The third-order valence-corrected chi connectivity index (χ3v) is 6.50. The van der Waals surface area contributed by atoms with Crippen LogP contribution in [0.15, 0.2) is 53.9 Å². The number of fused-ring (bicyclic) bond motifs is 1. The average Bonchev–Trinajstić information content (AvgIpc) is 3.20. The topological polar surface area (TPSA) is 74.2 Å². The van der Waals surface area contributed by atoms with E-state index in [1.807, 2.05) is 64.1 Å². The highest BCUT2D eigenvalue weighted by Gasteiger charge is 2.38. The monoisotopic (exact) mass is 450 g/mol. The number of thioether (sulfide) groups is 1. The lowest BCUT2D eigenvalue weighted by Crippen LogP contribution is -2.52. The standard InChI is InChI=1S/C24H26N4O3S/c1-5-31-19-8-6-18(7-9-19)27-10-11-28-22(23(27)30)25-26-24(28)32-14-21(29)20-13-16(3)15(2)12-17(20)4/h6-13,22,25H,5,14H2,1-4H3. The molecule has 4 rings (SSSR count). The first-order valence-electron chi connectivity index (χ1n) is 10.5. The van der Waals surface area contributed by atoms with Crippen molar-refractivity contribution in [2.24, 2.45) is 5.10 Å². The molecule has 0 spiro atoms. The first kappa shape index (κ1) is 22.0. The average molecular weight is 451 g/mol. The Hall–Kier alpha value is -3.26. The third kappa shape index (κ3) is 4.23. The summed E-state index contributed by atoms with van der Waals surface area (Å²) in [6.45, 7) is 8.52. The van der Waals surface area contributed by atoms with Crippen LogP contribution in [0.25, 0.3) is 0 Å². The lowest BCUT2D eigenvalue weighted by molar-refractivity contribution is -0.122. The Balaban J connectivity index is 1.42. The van der Waals surface area contributed by atoms with E-state index in [0.717, 1.165) is 28.1 Å². The summed E-state index contributed by atoms with van der Waals surface area (Å²) in [7, 11) is 0. The van der Waals surface area contributed by atoms with Gasteiger partial charge in [0.25, 0.3) is 5.91 Å². The van der Waals surface area contributed by atoms with E-state index in [9.17, 15) is 9.59 Å². The number of nitrogens with zero attached hydrogens (tertiary/aromatic N) is 3. The molecule has 1 atom stereocenters. The first-order chi connectivity index (χ1) is 15.4. The molecule has 0 bridgehead atoms. The largest absolute Gasteiger partial charge is 0.494 e. The summed E-state index contributed by atoms with van der Waals surface area (Å²) in [4.78, 5) is 29.2. The molecule has 1 N–H and O–H groups in total. The second-order valence-electron chi connectivity index (χ2n) is 7.73. The summed E-state index contributed by atoms with van der Waals surface area (Å²) in [5.41, 5.74) is 7.62. The van der Waals surface area contributed by atoms with Crippen molar-refractivity contribution in [2.75, 3.05) is 17.3 Å². The van der Waals surface area contributed by atoms with Crippen LogP contribution in [0.4, 0.5) is 5.69 Å². The van der Waals surface area contributed by atoms with Crippen LogP contribution in [0.2, 0.25) is 0 Å². The van der Waals surface area contributed by atoms with Gasteiger partial charge in [0.2, 0.25) is 6.17 Å². The SMILES string of the molecule is CCOc1ccc(N2C=CN3C(SCC(=O)c4cc(C)c(C)cc4C)=NNC3C2=O)cc1. The van der Waals surface area contributed by atoms with Gasteiger partial charge in [-0.25, -0.2) is 0 Å². The van der Waals surface area contributed by atoms with Gasteiger partial charge in [0.05, 0.1) is 12.4 Å². The Kier molecular flexibility index (Phi) is 6.23. The maximum Gasteiger partial charge on any atom is 0.276 e. The van der Waals surface area contributed by atoms with Crippen molar-refractivity contribution in [3.63, 3.8) is 0 Å². The number of hydrazone groups is 1. The summed E-state index contributed by atoms with van der Waals surface area (Å²) in [5, 5.41) is 4.90. The first-order valence-corrected chi connectivity index (χ1v) is 11.5. The molecule has 0 saturated heterocycles. The van der Waals surface area contributed by atoms with Crippen LogP contribution in [0, 0.1) is 20.8 Å². The van der Waals surface area contributed by atoms with Crippen molar-refractivity contribution in [3.8, 4) is 5.75 Å². The Morgan fingerprint density at radius 2 is 1.81 bits per heavy atom. The fraction of sp³-hybridized carbons (Fsp3) is 0.292. The lowest BCUT2D eigenvalue weighted by atomic mass is 9.99. The Morgan fingerprint density at radius 3 is 2.53 bits per heavy atom. The number of rotatable bonds is 6. The van der Waals surface area contributed by atoms with Gasteiger partial charge >= 0.3 is 0 Å². The minimum Gasteiger partial charge on any atom is -0.494 e. The highest BCUT2D eigenvalue weighted by molar-refractivity contribution is 8.14. The zero-order chi connectivity index (χ0) is 22.8. The van der Waals surface area contributed by atoms with Crippen LogP contribution < -0.4 is 15.1 Å². The number of ketones is 1. The molecule has 0 fully saturated rings. The van der Waals surface area contributed by atoms with Crippen molar-refractivity contribution in [1.82, 2.24) is 10.3 Å².